The quantitative estimate of drug-likeness (QED) is 0.667. The third kappa shape index (κ3) is 5.74. The fourth-order valence-corrected chi connectivity index (χ4v) is 4.87. The van der Waals surface area contributed by atoms with Crippen LogP contribution in [0.4, 0.5) is 10.1 Å². The molecule has 2 aliphatic rings. The lowest BCUT2D eigenvalue weighted by atomic mass is 10.0. The van der Waals surface area contributed by atoms with Gasteiger partial charge in [-0.1, -0.05) is 23.8 Å². The molecule has 0 saturated carbocycles. The number of anilines is 1. The van der Waals surface area contributed by atoms with Crippen LogP contribution in [0.3, 0.4) is 0 Å². The number of ketones is 1. The highest BCUT2D eigenvalue weighted by atomic mass is 19.1. The Morgan fingerprint density at radius 1 is 1.00 bits per heavy atom. The largest absolute Gasteiger partial charge is 0.371 e. The average Bonchev–Trinajstić information content (AvgIpc) is 3.26. The van der Waals surface area contributed by atoms with Crippen molar-refractivity contribution in [3.8, 4) is 0 Å². The summed E-state index contributed by atoms with van der Waals surface area (Å²) in [6, 6.07) is 14.9. The van der Waals surface area contributed by atoms with Crippen LogP contribution in [-0.4, -0.2) is 54.9 Å². The van der Waals surface area contributed by atoms with Gasteiger partial charge in [-0.3, -0.25) is 14.5 Å². The molecule has 1 amide bonds. The molecular formula is C26H32FN3O2. The molecule has 32 heavy (non-hydrogen) atoms. The number of nitrogens with one attached hydrogen (secondary N) is 1. The van der Waals surface area contributed by atoms with Crippen molar-refractivity contribution in [2.45, 2.75) is 51.1 Å². The number of halogens is 1. The van der Waals surface area contributed by atoms with Gasteiger partial charge in [0.1, 0.15) is 5.82 Å². The van der Waals surface area contributed by atoms with Crippen LogP contribution in [0.1, 0.15) is 48.0 Å². The number of carbonyl (C=O) groups excluding carboxylic acids is 2. The van der Waals surface area contributed by atoms with Crippen LogP contribution in [0.25, 0.3) is 0 Å². The topological polar surface area (TPSA) is 52.7 Å². The van der Waals surface area contributed by atoms with Crippen molar-refractivity contribution in [3.63, 3.8) is 0 Å². The van der Waals surface area contributed by atoms with Crippen LogP contribution in [0, 0.1) is 12.7 Å². The molecule has 0 bridgehead atoms. The first kappa shape index (κ1) is 22.5. The van der Waals surface area contributed by atoms with Crippen LogP contribution in [0.15, 0.2) is 48.5 Å². The van der Waals surface area contributed by atoms with E-state index in [1.165, 1.54) is 12.1 Å². The van der Waals surface area contributed by atoms with E-state index in [4.69, 9.17) is 0 Å². The number of rotatable bonds is 7. The summed E-state index contributed by atoms with van der Waals surface area (Å²) < 4.78 is 13.2. The summed E-state index contributed by atoms with van der Waals surface area (Å²) in [4.78, 5) is 29.5. The van der Waals surface area contributed by atoms with Crippen molar-refractivity contribution in [1.29, 1.82) is 0 Å². The van der Waals surface area contributed by atoms with Crippen LogP contribution in [0.5, 0.6) is 0 Å². The predicted octanol–water partition coefficient (Wildman–Crippen LogP) is 3.96. The molecule has 0 spiro atoms. The first-order chi connectivity index (χ1) is 15.5. The van der Waals surface area contributed by atoms with Crippen LogP contribution < -0.4 is 10.2 Å². The van der Waals surface area contributed by atoms with Gasteiger partial charge in [-0.25, -0.2) is 4.39 Å². The molecule has 1 atom stereocenters. The monoisotopic (exact) mass is 437 g/mol. The number of amides is 1. The Balaban J connectivity index is 1.18. The standard InChI is InChI=1S/C26H32FN3O2/c1-19-3-2-4-20(17-19)25(31)9-10-26(32)28-22-11-14-30(18-22)24-12-15-29(16-13-24)23-7-5-21(27)6-8-23/h2-8,17,22,24H,9-16,18H2,1H3,(H,28,32)/t22-/m1/s1. The minimum atomic E-state index is -0.201. The van der Waals surface area contributed by atoms with Gasteiger partial charge in [0.2, 0.25) is 5.91 Å². The van der Waals surface area contributed by atoms with Crippen molar-refractivity contribution < 1.29 is 14.0 Å². The van der Waals surface area contributed by atoms with Crippen molar-refractivity contribution in [2.24, 2.45) is 0 Å². The summed E-state index contributed by atoms with van der Waals surface area (Å²) in [5.41, 5.74) is 2.81. The molecule has 2 saturated heterocycles. The van der Waals surface area contributed by atoms with Gasteiger partial charge in [-0.15, -0.1) is 0 Å². The zero-order valence-electron chi connectivity index (χ0n) is 18.7. The summed E-state index contributed by atoms with van der Waals surface area (Å²) >= 11 is 0. The highest BCUT2D eigenvalue weighted by Crippen LogP contribution is 2.25. The maximum absolute atomic E-state index is 13.2. The second-order valence-corrected chi connectivity index (χ2v) is 9.04. The minimum absolute atomic E-state index is 0.0183. The molecule has 5 nitrogen and oxygen atoms in total. The number of likely N-dealkylation sites (tertiary alicyclic amines) is 1. The fourth-order valence-electron chi connectivity index (χ4n) is 4.87. The van der Waals surface area contributed by atoms with Gasteiger partial charge in [0, 0.05) is 62.4 Å². The van der Waals surface area contributed by atoms with Gasteiger partial charge in [0.05, 0.1) is 0 Å². The summed E-state index contributed by atoms with van der Waals surface area (Å²) in [5, 5.41) is 3.13. The molecule has 170 valence electrons. The van der Waals surface area contributed by atoms with Gasteiger partial charge in [0.25, 0.3) is 0 Å². The van der Waals surface area contributed by atoms with Gasteiger partial charge in [-0.05, 0) is 56.5 Å². The lowest BCUT2D eigenvalue weighted by molar-refractivity contribution is -0.121. The molecule has 4 rings (SSSR count). The number of aryl methyl sites for hydroxylation is 1. The number of benzene rings is 2. The van der Waals surface area contributed by atoms with E-state index in [2.05, 4.69) is 15.1 Å². The SMILES string of the molecule is Cc1cccc(C(=O)CCC(=O)N[C@@H]2CCN(C3CCN(c4ccc(F)cc4)CC3)C2)c1. The maximum atomic E-state index is 13.2. The van der Waals surface area contributed by atoms with E-state index in [0.717, 1.165) is 56.7 Å². The number of piperidine rings is 1. The summed E-state index contributed by atoms with van der Waals surface area (Å²) in [6.07, 6.45) is 3.58. The third-order valence-electron chi connectivity index (χ3n) is 6.68. The number of Topliss-reactive ketones (excluding diaryl/α,β-unsaturated/α-hetero) is 1. The molecule has 0 aromatic heterocycles. The van der Waals surface area contributed by atoms with Gasteiger partial charge in [-0.2, -0.15) is 0 Å². The fraction of sp³-hybridized carbons (Fsp3) is 0.462. The van der Waals surface area contributed by atoms with E-state index >= 15 is 0 Å². The van der Waals surface area contributed by atoms with E-state index in [1.807, 2.05) is 43.3 Å². The molecule has 1 N–H and O–H groups in total. The smallest absolute Gasteiger partial charge is 0.220 e. The second kappa shape index (κ2) is 10.3. The zero-order valence-corrected chi connectivity index (χ0v) is 18.7. The molecule has 2 heterocycles. The highest BCUT2D eigenvalue weighted by Gasteiger charge is 2.31. The molecule has 2 aromatic carbocycles. The van der Waals surface area contributed by atoms with E-state index in [0.29, 0.717) is 11.6 Å². The summed E-state index contributed by atoms with van der Waals surface area (Å²) in [7, 11) is 0. The molecule has 2 aromatic rings. The lowest BCUT2D eigenvalue weighted by Crippen LogP contribution is -2.45. The highest BCUT2D eigenvalue weighted by molar-refractivity contribution is 5.98. The number of carbonyl (C=O) groups is 2. The Bertz CT molecular complexity index is 938. The molecule has 0 unspecified atom stereocenters. The molecule has 2 aliphatic heterocycles. The molecule has 6 heteroatoms. The first-order valence-electron chi connectivity index (χ1n) is 11.6. The maximum Gasteiger partial charge on any atom is 0.220 e. The molecule has 0 aliphatic carbocycles. The minimum Gasteiger partial charge on any atom is -0.371 e. The number of hydrogen-bond donors (Lipinski definition) is 1. The van der Waals surface area contributed by atoms with Gasteiger partial charge >= 0.3 is 0 Å². The normalized spacial score (nSPS) is 19.8. The Kier molecular flexibility index (Phi) is 7.20. The number of hydrogen-bond acceptors (Lipinski definition) is 4. The second-order valence-electron chi connectivity index (χ2n) is 9.04. The van der Waals surface area contributed by atoms with Crippen molar-refractivity contribution in [2.75, 3.05) is 31.1 Å². The Labute approximate surface area is 189 Å². The van der Waals surface area contributed by atoms with Crippen molar-refractivity contribution >= 4 is 17.4 Å². The first-order valence-corrected chi connectivity index (χ1v) is 11.6. The molecule has 2 fully saturated rings. The molecule has 0 radical (unpaired) electrons. The summed E-state index contributed by atoms with van der Waals surface area (Å²) in [6.45, 7) is 5.75. The van der Waals surface area contributed by atoms with Crippen molar-refractivity contribution in [1.82, 2.24) is 10.2 Å². The van der Waals surface area contributed by atoms with E-state index in [-0.39, 0.29) is 36.4 Å². The van der Waals surface area contributed by atoms with Gasteiger partial charge in [0.15, 0.2) is 5.78 Å². The van der Waals surface area contributed by atoms with E-state index in [9.17, 15) is 14.0 Å². The lowest BCUT2D eigenvalue weighted by Gasteiger charge is -2.38. The Hall–Kier alpha value is -2.73. The van der Waals surface area contributed by atoms with Crippen LogP contribution >= 0.6 is 0 Å². The average molecular weight is 438 g/mol. The van der Waals surface area contributed by atoms with Crippen LogP contribution in [0.2, 0.25) is 0 Å². The summed E-state index contributed by atoms with van der Waals surface area (Å²) in [5.74, 6) is -0.220. The molecular weight excluding hydrogens is 405 g/mol. The number of nitrogens with zero attached hydrogens (tertiary/aromatic N) is 2. The van der Waals surface area contributed by atoms with Gasteiger partial charge < -0.3 is 10.2 Å². The van der Waals surface area contributed by atoms with E-state index in [1.54, 1.807) is 0 Å². The van der Waals surface area contributed by atoms with E-state index < -0.39 is 0 Å². The van der Waals surface area contributed by atoms with Crippen LogP contribution in [-0.2, 0) is 4.79 Å². The zero-order chi connectivity index (χ0) is 22.5. The third-order valence-corrected chi connectivity index (χ3v) is 6.68. The van der Waals surface area contributed by atoms with Crippen molar-refractivity contribution in [3.05, 3.63) is 65.5 Å². The Morgan fingerprint density at radius 2 is 1.75 bits per heavy atom. The Morgan fingerprint density at radius 3 is 2.47 bits per heavy atom. The predicted molar refractivity (Wildman–Crippen MR) is 124 cm³/mol.